The van der Waals surface area contributed by atoms with Crippen molar-refractivity contribution in [1.82, 2.24) is 0 Å². The molecule has 0 radical (unpaired) electrons. The number of hydrogen-bond donors (Lipinski definition) is 1. The first-order chi connectivity index (χ1) is 7.54. The topological polar surface area (TPSA) is 20.2 Å². The van der Waals surface area contributed by atoms with Crippen molar-refractivity contribution in [3.63, 3.8) is 0 Å². The summed E-state index contributed by atoms with van der Waals surface area (Å²) in [5.74, 6) is 0.404. The molecule has 1 aliphatic rings. The molecular formula is C14H19FO. The number of benzene rings is 1. The summed E-state index contributed by atoms with van der Waals surface area (Å²) in [4.78, 5) is 0. The zero-order valence-electron chi connectivity index (χ0n) is 9.91. The molecule has 0 saturated heterocycles. The SMILES string of the molecule is CC1CCCC(O)(c2cccc(F)c2)C1C. The normalized spacial score (nSPS) is 35.0. The molecule has 3 unspecified atom stereocenters. The fourth-order valence-electron chi connectivity index (χ4n) is 2.81. The molecule has 1 saturated carbocycles. The second-order valence-corrected chi connectivity index (χ2v) is 5.09. The maximum absolute atomic E-state index is 13.2. The Labute approximate surface area is 96.3 Å². The molecule has 0 amide bonds. The summed E-state index contributed by atoms with van der Waals surface area (Å²) in [6.45, 7) is 4.23. The molecule has 0 heterocycles. The van der Waals surface area contributed by atoms with Gasteiger partial charge in [0.2, 0.25) is 0 Å². The lowest BCUT2D eigenvalue weighted by atomic mass is 9.67. The van der Waals surface area contributed by atoms with Crippen LogP contribution < -0.4 is 0 Å². The Morgan fingerprint density at radius 3 is 2.81 bits per heavy atom. The van der Waals surface area contributed by atoms with E-state index in [-0.39, 0.29) is 11.7 Å². The van der Waals surface area contributed by atoms with Crippen molar-refractivity contribution < 1.29 is 9.50 Å². The van der Waals surface area contributed by atoms with Crippen molar-refractivity contribution in [2.75, 3.05) is 0 Å². The van der Waals surface area contributed by atoms with Crippen LogP contribution in [0.1, 0.15) is 38.7 Å². The van der Waals surface area contributed by atoms with E-state index in [0.29, 0.717) is 5.92 Å². The second kappa shape index (κ2) is 4.17. The Morgan fingerprint density at radius 1 is 1.38 bits per heavy atom. The standard InChI is InChI=1S/C14H19FO/c1-10-5-4-8-14(16,11(10)2)12-6-3-7-13(15)9-12/h3,6-7,9-11,16H,4-5,8H2,1-2H3. The molecule has 0 spiro atoms. The van der Waals surface area contributed by atoms with E-state index in [9.17, 15) is 9.50 Å². The highest BCUT2D eigenvalue weighted by atomic mass is 19.1. The van der Waals surface area contributed by atoms with Crippen molar-refractivity contribution in [2.45, 2.75) is 38.7 Å². The molecule has 1 aliphatic carbocycles. The zero-order valence-corrected chi connectivity index (χ0v) is 9.91. The average Bonchev–Trinajstić information content (AvgIpc) is 2.26. The summed E-state index contributed by atoms with van der Waals surface area (Å²) < 4.78 is 13.2. The third-order valence-corrected chi connectivity index (χ3v) is 4.15. The van der Waals surface area contributed by atoms with Gasteiger partial charge in [0.15, 0.2) is 0 Å². The van der Waals surface area contributed by atoms with E-state index in [1.165, 1.54) is 12.1 Å². The third kappa shape index (κ3) is 1.86. The molecule has 2 heteroatoms. The van der Waals surface area contributed by atoms with Gasteiger partial charge in [-0.25, -0.2) is 4.39 Å². The van der Waals surface area contributed by atoms with Gasteiger partial charge in [-0.2, -0.15) is 0 Å². The maximum atomic E-state index is 13.2. The number of halogens is 1. The van der Waals surface area contributed by atoms with Crippen molar-refractivity contribution in [3.05, 3.63) is 35.6 Å². The minimum Gasteiger partial charge on any atom is -0.385 e. The fraction of sp³-hybridized carbons (Fsp3) is 0.571. The average molecular weight is 222 g/mol. The highest BCUT2D eigenvalue weighted by Gasteiger charge is 2.41. The van der Waals surface area contributed by atoms with Crippen molar-refractivity contribution in [1.29, 1.82) is 0 Å². The van der Waals surface area contributed by atoms with Gasteiger partial charge >= 0.3 is 0 Å². The minimum absolute atomic E-state index is 0.183. The van der Waals surface area contributed by atoms with Crippen LogP contribution in [-0.4, -0.2) is 5.11 Å². The highest BCUT2D eigenvalue weighted by molar-refractivity contribution is 5.25. The lowest BCUT2D eigenvalue weighted by Crippen LogP contribution is -2.40. The van der Waals surface area contributed by atoms with Crippen LogP contribution in [0.4, 0.5) is 4.39 Å². The van der Waals surface area contributed by atoms with Gasteiger partial charge < -0.3 is 5.11 Å². The third-order valence-electron chi connectivity index (χ3n) is 4.15. The van der Waals surface area contributed by atoms with Gasteiger partial charge in [-0.15, -0.1) is 0 Å². The lowest BCUT2D eigenvalue weighted by Gasteiger charge is -2.42. The Morgan fingerprint density at radius 2 is 2.12 bits per heavy atom. The largest absolute Gasteiger partial charge is 0.385 e. The fourth-order valence-corrected chi connectivity index (χ4v) is 2.81. The molecule has 16 heavy (non-hydrogen) atoms. The van der Waals surface area contributed by atoms with E-state index >= 15 is 0 Å². The van der Waals surface area contributed by atoms with Crippen LogP contribution in [-0.2, 0) is 5.60 Å². The first-order valence-electron chi connectivity index (χ1n) is 6.02. The first-order valence-corrected chi connectivity index (χ1v) is 6.02. The zero-order chi connectivity index (χ0) is 11.8. The van der Waals surface area contributed by atoms with E-state index in [1.807, 2.05) is 6.07 Å². The van der Waals surface area contributed by atoms with Gasteiger partial charge in [0.1, 0.15) is 5.82 Å². The molecule has 1 N–H and O–H groups in total. The van der Waals surface area contributed by atoms with E-state index in [1.54, 1.807) is 6.07 Å². The van der Waals surface area contributed by atoms with Gasteiger partial charge in [0, 0.05) is 0 Å². The molecular weight excluding hydrogens is 203 g/mol. The smallest absolute Gasteiger partial charge is 0.123 e. The van der Waals surface area contributed by atoms with Gasteiger partial charge in [0.25, 0.3) is 0 Å². The molecule has 0 aromatic heterocycles. The Hall–Kier alpha value is -0.890. The van der Waals surface area contributed by atoms with E-state index in [0.717, 1.165) is 24.8 Å². The number of hydrogen-bond acceptors (Lipinski definition) is 1. The Kier molecular flexibility index (Phi) is 3.02. The molecule has 2 rings (SSSR count). The molecule has 0 aliphatic heterocycles. The quantitative estimate of drug-likeness (QED) is 0.771. The van der Waals surface area contributed by atoms with E-state index < -0.39 is 5.60 Å². The van der Waals surface area contributed by atoms with Crippen molar-refractivity contribution in [3.8, 4) is 0 Å². The molecule has 3 atom stereocenters. The predicted molar refractivity (Wildman–Crippen MR) is 62.5 cm³/mol. The van der Waals surface area contributed by atoms with Crippen LogP contribution in [0.15, 0.2) is 24.3 Å². The monoisotopic (exact) mass is 222 g/mol. The maximum Gasteiger partial charge on any atom is 0.123 e. The van der Waals surface area contributed by atoms with E-state index in [2.05, 4.69) is 13.8 Å². The summed E-state index contributed by atoms with van der Waals surface area (Å²) >= 11 is 0. The second-order valence-electron chi connectivity index (χ2n) is 5.09. The Bertz CT molecular complexity index is 377. The molecule has 1 aromatic rings. The summed E-state index contributed by atoms with van der Waals surface area (Å²) in [6, 6.07) is 6.39. The molecule has 1 aromatic carbocycles. The van der Waals surface area contributed by atoms with Gasteiger partial charge in [-0.3, -0.25) is 0 Å². The Balaban J connectivity index is 2.36. The van der Waals surface area contributed by atoms with Gasteiger partial charge in [-0.1, -0.05) is 32.4 Å². The summed E-state index contributed by atoms with van der Waals surface area (Å²) in [5.41, 5.74) is -0.119. The molecule has 0 bridgehead atoms. The molecule has 88 valence electrons. The van der Waals surface area contributed by atoms with Crippen LogP contribution >= 0.6 is 0 Å². The summed E-state index contributed by atoms with van der Waals surface area (Å²) in [7, 11) is 0. The van der Waals surface area contributed by atoms with Crippen LogP contribution in [0.3, 0.4) is 0 Å². The van der Waals surface area contributed by atoms with Gasteiger partial charge in [0.05, 0.1) is 5.60 Å². The van der Waals surface area contributed by atoms with Crippen LogP contribution in [0.5, 0.6) is 0 Å². The van der Waals surface area contributed by atoms with Crippen LogP contribution in [0.25, 0.3) is 0 Å². The summed E-state index contributed by atoms with van der Waals surface area (Å²) in [6.07, 6.45) is 2.90. The summed E-state index contributed by atoms with van der Waals surface area (Å²) in [5, 5.41) is 10.7. The van der Waals surface area contributed by atoms with Crippen molar-refractivity contribution >= 4 is 0 Å². The van der Waals surface area contributed by atoms with E-state index in [4.69, 9.17) is 0 Å². The number of aliphatic hydroxyl groups is 1. The van der Waals surface area contributed by atoms with Crippen LogP contribution in [0, 0.1) is 17.7 Å². The van der Waals surface area contributed by atoms with Crippen molar-refractivity contribution in [2.24, 2.45) is 11.8 Å². The minimum atomic E-state index is -0.847. The lowest BCUT2D eigenvalue weighted by molar-refractivity contribution is -0.0690. The van der Waals surface area contributed by atoms with Crippen LogP contribution in [0.2, 0.25) is 0 Å². The van der Waals surface area contributed by atoms with Gasteiger partial charge in [-0.05, 0) is 42.4 Å². The number of rotatable bonds is 1. The molecule has 1 fully saturated rings. The molecule has 1 nitrogen and oxygen atoms in total. The predicted octanol–water partition coefficient (Wildman–Crippen LogP) is 3.47. The first kappa shape index (κ1) is 11.6. The highest BCUT2D eigenvalue weighted by Crippen LogP contribution is 2.44.